The predicted molar refractivity (Wildman–Crippen MR) is 97.8 cm³/mol. The molecule has 108 valence electrons. The van der Waals surface area contributed by atoms with Gasteiger partial charge in [0, 0.05) is 32.9 Å². The Kier molecular flexibility index (Phi) is 10.1. The third kappa shape index (κ3) is 6.51. The molecule has 0 aliphatic rings. The molecule has 0 aliphatic heterocycles. The minimum absolute atomic E-state index is 0. The van der Waals surface area contributed by atoms with Gasteiger partial charge >= 0.3 is 0 Å². The number of aliphatic imine (C=N–C) groups is 1. The van der Waals surface area contributed by atoms with Crippen LogP contribution in [0.2, 0.25) is 0 Å². The van der Waals surface area contributed by atoms with Gasteiger partial charge in [-0.1, -0.05) is 24.3 Å². The van der Waals surface area contributed by atoms with E-state index < -0.39 is 0 Å². The van der Waals surface area contributed by atoms with Crippen molar-refractivity contribution >= 4 is 41.7 Å². The third-order valence-electron chi connectivity index (χ3n) is 2.83. The number of rotatable bonds is 5. The highest BCUT2D eigenvalue weighted by Crippen LogP contribution is 2.09. The minimum atomic E-state index is 0. The highest BCUT2D eigenvalue weighted by molar-refractivity contribution is 14.0. The zero-order valence-corrected chi connectivity index (χ0v) is 15.3. The van der Waals surface area contributed by atoms with Gasteiger partial charge in [0.05, 0.1) is 0 Å². The topological polar surface area (TPSA) is 27.6 Å². The zero-order valence-electron chi connectivity index (χ0n) is 12.1. The van der Waals surface area contributed by atoms with Crippen LogP contribution in [0, 0.1) is 6.92 Å². The number of hydrogen-bond acceptors (Lipinski definition) is 2. The molecule has 0 heterocycles. The number of guanidine groups is 1. The first-order valence-corrected chi connectivity index (χ1v) is 7.53. The second-order valence-electron chi connectivity index (χ2n) is 4.25. The van der Waals surface area contributed by atoms with E-state index in [1.165, 1.54) is 11.1 Å². The summed E-state index contributed by atoms with van der Waals surface area (Å²) in [5, 5.41) is 3.36. The third-order valence-corrected chi connectivity index (χ3v) is 3.44. The lowest BCUT2D eigenvalue weighted by molar-refractivity contribution is 0.478. The molecular weight excluding hydrogens is 369 g/mol. The van der Waals surface area contributed by atoms with Gasteiger partial charge < -0.3 is 10.2 Å². The van der Waals surface area contributed by atoms with E-state index in [0.717, 1.165) is 24.8 Å². The standard InChI is InChI=1S/C14H23N3S.HI/c1-12-7-5-6-8-13(12)11-17(3)14(15-2)16-9-10-18-4;/h5-8H,9-11H2,1-4H3,(H,15,16);1H. The molecule has 0 aliphatic carbocycles. The number of thioether (sulfide) groups is 1. The quantitative estimate of drug-likeness (QED) is 0.361. The van der Waals surface area contributed by atoms with Crippen molar-refractivity contribution < 1.29 is 0 Å². The minimum Gasteiger partial charge on any atom is -0.355 e. The van der Waals surface area contributed by atoms with Crippen molar-refractivity contribution in [3.05, 3.63) is 35.4 Å². The molecule has 1 N–H and O–H groups in total. The highest BCUT2D eigenvalue weighted by Gasteiger charge is 2.07. The summed E-state index contributed by atoms with van der Waals surface area (Å²) in [5.74, 6) is 2.05. The van der Waals surface area contributed by atoms with Crippen LogP contribution in [0.1, 0.15) is 11.1 Å². The molecule has 0 bridgehead atoms. The molecule has 3 nitrogen and oxygen atoms in total. The molecule has 0 atom stereocenters. The molecule has 0 saturated carbocycles. The molecule has 0 spiro atoms. The van der Waals surface area contributed by atoms with Crippen molar-refractivity contribution in [2.75, 3.05) is 32.6 Å². The van der Waals surface area contributed by atoms with Crippen LogP contribution in [-0.4, -0.2) is 43.5 Å². The first-order chi connectivity index (χ1) is 8.69. The summed E-state index contributed by atoms with van der Waals surface area (Å²) in [7, 11) is 3.90. The lowest BCUT2D eigenvalue weighted by Gasteiger charge is -2.22. The summed E-state index contributed by atoms with van der Waals surface area (Å²) < 4.78 is 0. The maximum absolute atomic E-state index is 4.31. The summed E-state index contributed by atoms with van der Waals surface area (Å²) >= 11 is 1.84. The largest absolute Gasteiger partial charge is 0.355 e. The van der Waals surface area contributed by atoms with Gasteiger partial charge in [0.1, 0.15) is 0 Å². The average Bonchev–Trinajstić information content (AvgIpc) is 2.37. The van der Waals surface area contributed by atoms with Gasteiger partial charge in [-0.3, -0.25) is 4.99 Å². The Balaban J connectivity index is 0.00000324. The van der Waals surface area contributed by atoms with Crippen molar-refractivity contribution in [1.29, 1.82) is 0 Å². The molecule has 0 radical (unpaired) electrons. The van der Waals surface area contributed by atoms with E-state index >= 15 is 0 Å². The molecule has 0 amide bonds. The number of aryl methyl sites for hydroxylation is 1. The van der Waals surface area contributed by atoms with Crippen LogP contribution in [0.3, 0.4) is 0 Å². The van der Waals surface area contributed by atoms with E-state index in [2.05, 4.69) is 59.7 Å². The van der Waals surface area contributed by atoms with E-state index in [1.807, 2.05) is 18.8 Å². The molecule has 5 heteroatoms. The van der Waals surface area contributed by atoms with Crippen LogP contribution in [0.5, 0.6) is 0 Å². The summed E-state index contributed by atoms with van der Waals surface area (Å²) in [6, 6.07) is 8.47. The molecule has 1 aromatic rings. The summed E-state index contributed by atoms with van der Waals surface area (Å²) in [6.07, 6.45) is 2.11. The normalized spacial score (nSPS) is 10.8. The van der Waals surface area contributed by atoms with Crippen LogP contribution in [0.4, 0.5) is 0 Å². The molecule has 1 aromatic carbocycles. The monoisotopic (exact) mass is 393 g/mol. The van der Waals surface area contributed by atoms with E-state index in [4.69, 9.17) is 0 Å². The second-order valence-corrected chi connectivity index (χ2v) is 5.23. The van der Waals surface area contributed by atoms with E-state index in [9.17, 15) is 0 Å². The van der Waals surface area contributed by atoms with Crippen LogP contribution in [0.15, 0.2) is 29.3 Å². The van der Waals surface area contributed by atoms with Crippen molar-refractivity contribution in [1.82, 2.24) is 10.2 Å². The number of benzene rings is 1. The van der Waals surface area contributed by atoms with Gasteiger partial charge in [0.2, 0.25) is 0 Å². The molecule has 0 saturated heterocycles. The maximum atomic E-state index is 4.31. The molecule has 0 fully saturated rings. The van der Waals surface area contributed by atoms with Gasteiger partial charge in [0.15, 0.2) is 5.96 Å². The maximum Gasteiger partial charge on any atom is 0.193 e. The predicted octanol–water partition coefficient (Wildman–Crippen LogP) is 2.98. The van der Waals surface area contributed by atoms with Gasteiger partial charge in [-0.05, 0) is 24.3 Å². The molecular formula is C14H24IN3S. The van der Waals surface area contributed by atoms with Crippen molar-refractivity contribution in [3.8, 4) is 0 Å². The lowest BCUT2D eigenvalue weighted by Crippen LogP contribution is -2.39. The molecule has 19 heavy (non-hydrogen) atoms. The molecule has 1 rings (SSSR count). The van der Waals surface area contributed by atoms with Gasteiger partial charge in [-0.2, -0.15) is 11.8 Å². The van der Waals surface area contributed by atoms with Crippen LogP contribution < -0.4 is 5.32 Å². The van der Waals surface area contributed by atoms with E-state index in [-0.39, 0.29) is 24.0 Å². The van der Waals surface area contributed by atoms with E-state index in [1.54, 1.807) is 0 Å². The number of nitrogens with one attached hydrogen (secondary N) is 1. The smallest absolute Gasteiger partial charge is 0.193 e. The number of halogens is 1. The SMILES string of the molecule is CN=C(NCCSC)N(C)Cc1ccccc1C.I. The fraction of sp³-hybridized carbons (Fsp3) is 0.500. The Labute approximate surface area is 138 Å². The van der Waals surface area contributed by atoms with Crippen LogP contribution in [0.25, 0.3) is 0 Å². The molecule has 0 unspecified atom stereocenters. The zero-order chi connectivity index (χ0) is 13.4. The van der Waals surface area contributed by atoms with Crippen LogP contribution in [-0.2, 0) is 6.54 Å². The van der Waals surface area contributed by atoms with Gasteiger partial charge in [-0.25, -0.2) is 0 Å². The summed E-state index contributed by atoms with van der Waals surface area (Å²) in [6.45, 7) is 3.98. The average molecular weight is 393 g/mol. The highest BCUT2D eigenvalue weighted by atomic mass is 127. The fourth-order valence-corrected chi connectivity index (χ4v) is 2.07. The lowest BCUT2D eigenvalue weighted by atomic mass is 10.1. The summed E-state index contributed by atoms with van der Waals surface area (Å²) in [4.78, 5) is 6.46. The van der Waals surface area contributed by atoms with Crippen LogP contribution >= 0.6 is 35.7 Å². The van der Waals surface area contributed by atoms with E-state index in [0.29, 0.717) is 0 Å². The Morgan fingerprint density at radius 3 is 2.63 bits per heavy atom. The molecule has 0 aromatic heterocycles. The van der Waals surface area contributed by atoms with Crippen molar-refractivity contribution in [2.45, 2.75) is 13.5 Å². The second kappa shape index (κ2) is 10.4. The number of nitrogens with zero attached hydrogens (tertiary/aromatic N) is 2. The Morgan fingerprint density at radius 1 is 1.37 bits per heavy atom. The van der Waals surface area contributed by atoms with Gasteiger partial charge in [-0.15, -0.1) is 24.0 Å². The Morgan fingerprint density at radius 2 is 2.05 bits per heavy atom. The Hall–Kier alpha value is -0.430. The first-order valence-electron chi connectivity index (χ1n) is 6.14. The van der Waals surface area contributed by atoms with Crippen molar-refractivity contribution in [3.63, 3.8) is 0 Å². The van der Waals surface area contributed by atoms with Crippen molar-refractivity contribution in [2.24, 2.45) is 4.99 Å². The Bertz CT molecular complexity index is 396. The first kappa shape index (κ1) is 18.6. The van der Waals surface area contributed by atoms with Gasteiger partial charge in [0.25, 0.3) is 0 Å². The summed E-state index contributed by atoms with van der Waals surface area (Å²) in [5.41, 5.74) is 2.66. The number of hydrogen-bond donors (Lipinski definition) is 1. The fourth-order valence-electron chi connectivity index (χ4n) is 1.77.